The molecule has 0 saturated carbocycles. The second kappa shape index (κ2) is 7.28. The van der Waals surface area contributed by atoms with E-state index in [2.05, 4.69) is 12.8 Å². The van der Waals surface area contributed by atoms with Gasteiger partial charge < -0.3 is 9.84 Å². The molecule has 0 heterocycles. The fourth-order valence-corrected chi connectivity index (χ4v) is 1.76. The number of thiol groups is 1. The Kier molecular flexibility index (Phi) is 6.02. The summed E-state index contributed by atoms with van der Waals surface area (Å²) < 4.78 is 7.03. The number of carbonyl (C=O) groups excluding carboxylic acids is 1. The van der Waals surface area contributed by atoms with Crippen LogP contribution in [0.4, 0.5) is 0 Å². The second-order valence-corrected chi connectivity index (χ2v) is 5.05. The van der Waals surface area contributed by atoms with E-state index in [1.54, 1.807) is 18.2 Å². The predicted octanol–water partition coefficient (Wildman–Crippen LogP) is 2.81. The van der Waals surface area contributed by atoms with Crippen LogP contribution in [0.25, 0.3) is 0 Å². The Morgan fingerprint density at radius 1 is 1.47 bits per heavy atom. The summed E-state index contributed by atoms with van der Waals surface area (Å²) in [5.74, 6) is 0.773. The lowest BCUT2D eigenvalue weighted by Gasteiger charge is -2.16. The van der Waals surface area contributed by atoms with Crippen molar-refractivity contribution in [1.82, 2.24) is 4.31 Å². The number of carbonyl (C=O) groups is 1. The molecule has 0 aliphatic heterocycles. The molecule has 0 spiro atoms. The van der Waals surface area contributed by atoms with Crippen LogP contribution in [0.2, 0.25) is 0 Å². The molecule has 0 aliphatic carbocycles. The number of aromatic hydroxyl groups is 1. The first-order chi connectivity index (χ1) is 8.93. The van der Waals surface area contributed by atoms with Gasteiger partial charge in [-0.15, -0.1) is 0 Å². The lowest BCUT2D eigenvalue weighted by molar-refractivity contribution is -0.125. The summed E-state index contributed by atoms with van der Waals surface area (Å²) in [6.07, 6.45) is 0.961. The van der Waals surface area contributed by atoms with Crippen molar-refractivity contribution in [3.63, 3.8) is 0 Å². The quantitative estimate of drug-likeness (QED) is 0.789. The molecule has 106 valence electrons. The average molecular weight is 283 g/mol. The summed E-state index contributed by atoms with van der Waals surface area (Å²) in [6.45, 7) is 6.29. The zero-order valence-corrected chi connectivity index (χ0v) is 12.5. The number of benzene rings is 1. The molecule has 5 heteroatoms. The van der Waals surface area contributed by atoms with Crippen LogP contribution in [-0.2, 0) is 11.2 Å². The van der Waals surface area contributed by atoms with Gasteiger partial charge in [0.1, 0.15) is 11.5 Å². The van der Waals surface area contributed by atoms with Crippen molar-refractivity contribution in [1.29, 1.82) is 0 Å². The molecule has 4 nitrogen and oxygen atoms in total. The standard InChI is InChI=1S/C14H21NO3S/c1-4-15(19)14(17)8-6-11-5-7-12(16)9-13(11)18-10(2)3/h5,7,9-10,16,19H,4,6,8H2,1-3H3. The molecule has 0 saturated heterocycles. The van der Waals surface area contributed by atoms with Gasteiger partial charge in [0.05, 0.1) is 6.10 Å². The van der Waals surface area contributed by atoms with E-state index in [0.29, 0.717) is 25.1 Å². The van der Waals surface area contributed by atoms with Crippen LogP contribution < -0.4 is 4.74 Å². The average Bonchev–Trinajstić information content (AvgIpc) is 2.35. The number of nitrogens with zero attached hydrogens (tertiary/aromatic N) is 1. The largest absolute Gasteiger partial charge is 0.508 e. The highest BCUT2D eigenvalue weighted by Gasteiger charge is 2.12. The molecular weight excluding hydrogens is 262 g/mol. The van der Waals surface area contributed by atoms with E-state index < -0.39 is 0 Å². The molecule has 1 aromatic carbocycles. The molecule has 1 amide bonds. The zero-order chi connectivity index (χ0) is 14.4. The number of phenolic OH excluding ortho intramolecular Hbond substituents is 1. The van der Waals surface area contributed by atoms with Gasteiger partial charge in [0, 0.05) is 19.0 Å². The van der Waals surface area contributed by atoms with Gasteiger partial charge in [-0.05, 0) is 38.8 Å². The molecule has 0 fully saturated rings. The summed E-state index contributed by atoms with van der Waals surface area (Å²) >= 11 is 4.08. The van der Waals surface area contributed by atoms with Gasteiger partial charge in [-0.25, -0.2) is 0 Å². The van der Waals surface area contributed by atoms with E-state index in [4.69, 9.17) is 4.74 Å². The van der Waals surface area contributed by atoms with Gasteiger partial charge in [0.25, 0.3) is 0 Å². The van der Waals surface area contributed by atoms with E-state index in [9.17, 15) is 9.90 Å². The van der Waals surface area contributed by atoms with Gasteiger partial charge in [-0.1, -0.05) is 18.9 Å². The molecule has 0 atom stereocenters. The maximum absolute atomic E-state index is 11.7. The minimum absolute atomic E-state index is 0.0191. The van der Waals surface area contributed by atoms with Crippen molar-refractivity contribution in [2.75, 3.05) is 6.54 Å². The van der Waals surface area contributed by atoms with Crippen molar-refractivity contribution >= 4 is 18.7 Å². The Morgan fingerprint density at radius 3 is 2.74 bits per heavy atom. The van der Waals surface area contributed by atoms with Crippen LogP contribution in [0.3, 0.4) is 0 Å². The monoisotopic (exact) mass is 283 g/mol. The molecule has 19 heavy (non-hydrogen) atoms. The summed E-state index contributed by atoms with van der Waals surface area (Å²) in [6, 6.07) is 4.97. The smallest absolute Gasteiger partial charge is 0.232 e. The van der Waals surface area contributed by atoms with E-state index in [1.165, 1.54) is 4.31 Å². The van der Waals surface area contributed by atoms with Crippen molar-refractivity contribution < 1.29 is 14.6 Å². The number of phenols is 1. The Balaban J connectivity index is 2.74. The Morgan fingerprint density at radius 2 is 2.16 bits per heavy atom. The molecular formula is C14H21NO3S. The lowest BCUT2D eigenvalue weighted by Crippen LogP contribution is -2.21. The predicted molar refractivity (Wildman–Crippen MR) is 78.6 cm³/mol. The van der Waals surface area contributed by atoms with Gasteiger partial charge >= 0.3 is 0 Å². The molecule has 1 rings (SSSR count). The molecule has 0 aliphatic rings. The van der Waals surface area contributed by atoms with Crippen LogP contribution in [0.1, 0.15) is 32.8 Å². The number of hydrogen-bond donors (Lipinski definition) is 2. The SMILES string of the molecule is CCN(S)C(=O)CCc1ccc(O)cc1OC(C)C. The van der Waals surface area contributed by atoms with Crippen LogP contribution in [0, 0.1) is 0 Å². The number of hydrogen-bond acceptors (Lipinski definition) is 4. The first-order valence-electron chi connectivity index (χ1n) is 6.41. The highest BCUT2D eigenvalue weighted by Crippen LogP contribution is 2.26. The van der Waals surface area contributed by atoms with Crippen molar-refractivity contribution in [3.8, 4) is 11.5 Å². The Hall–Kier alpha value is -1.36. The van der Waals surface area contributed by atoms with E-state index in [1.807, 2.05) is 20.8 Å². The van der Waals surface area contributed by atoms with Gasteiger partial charge in [0.2, 0.25) is 5.91 Å². The highest BCUT2D eigenvalue weighted by atomic mass is 32.1. The molecule has 0 radical (unpaired) electrons. The van der Waals surface area contributed by atoms with Gasteiger partial charge in [0.15, 0.2) is 0 Å². The molecule has 0 bridgehead atoms. The lowest BCUT2D eigenvalue weighted by atomic mass is 10.1. The van der Waals surface area contributed by atoms with E-state index >= 15 is 0 Å². The second-order valence-electron chi connectivity index (χ2n) is 4.57. The number of amides is 1. The van der Waals surface area contributed by atoms with Crippen molar-refractivity contribution in [3.05, 3.63) is 23.8 Å². The molecule has 0 unspecified atom stereocenters. The number of ether oxygens (including phenoxy) is 1. The third-order valence-electron chi connectivity index (χ3n) is 2.61. The minimum atomic E-state index is -0.0191. The fourth-order valence-electron chi connectivity index (χ4n) is 1.66. The normalized spacial score (nSPS) is 10.6. The molecule has 1 aromatic rings. The van der Waals surface area contributed by atoms with Gasteiger partial charge in [-0.3, -0.25) is 9.10 Å². The summed E-state index contributed by atoms with van der Waals surface area (Å²) in [7, 11) is 0. The van der Waals surface area contributed by atoms with Crippen molar-refractivity contribution in [2.45, 2.75) is 39.7 Å². The Bertz CT molecular complexity index is 435. The van der Waals surface area contributed by atoms with Gasteiger partial charge in [-0.2, -0.15) is 0 Å². The van der Waals surface area contributed by atoms with Crippen LogP contribution in [0.5, 0.6) is 11.5 Å². The topological polar surface area (TPSA) is 49.8 Å². The molecule has 0 aromatic heterocycles. The highest BCUT2D eigenvalue weighted by molar-refractivity contribution is 7.78. The van der Waals surface area contributed by atoms with Crippen LogP contribution in [0.15, 0.2) is 18.2 Å². The summed E-state index contributed by atoms with van der Waals surface area (Å²) in [5.41, 5.74) is 0.915. The van der Waals surface area contributed by atoms with Crippen LogP contribution >= 0.6 is 12.8 Å². The minimum Gasteiger partial charge on any atom is -0.508 e. The maximum Gasteiger partial charge on any atom is 0.232 e. The number of aryl methyl sites for hydroxylation is 1. The maximum atomic E-state index is 11.7. The zero-order valence-electron chi connectivity index (χ0n) is 11.6. The third kappa shape index (κ3) is 5.03. The van der Waals surface area contributed by atoms with Crippen molar-refractivity contribution in [2.24, 2.45) is 0 Å². The summed E-state index contributed by atoms with van der Waals surface area (Å²) in [4.78, 5) is 11.7. The number of rotatable bonds is 6. The fraction of sp³-hybridized carbons (Fsp3) is 0.500. The Labute approximate surface area is 119 Å². The first kappa shape index (κ1) is 15.7. The third-order valence-corrected chi connectivity index (χ3v) is 3.11. The van der Waals surface area contributed by atoms with E-state index in [-0.39, 0.29) is 17.8 Å². The molecule has 1 N–H and O–H groups in total. The summed E-state index contributed by atoms with van der Waals surface area (Å²) in [5, 5.41) is 9.49. The first-order valence-corrected chi connectivity index (χ1v) is 6.81. The van der Waals surface area contributed by atoms with E-state index in [0.717, 1.165) is 5.56 Å². The van der Waals surface area contributed by atoms with Crippen LogP contribution in [-0.4, -0.2) is 28.0 Å².